The fourth-order valence-corrected chi connectivity index (χ4v) is 4.78. The van der Waals surface area contributed by atoms with Crippen LogP contribution >= 0.6 is 0 Å². The van der Waals surface area contributed by atoms with E-state index in [1.54, 1.807) is 6.20 Å². The second-order valence-electron chi connectivity index (χ2n) is 8.62. The summed E-state index contributed by atoms with van der Waals surface area (Å²) in [4.78, 5) is 28.3. The molecule has 3 N–H and O–H groups in total. The van der Waals surface area contributed by atoms with E-state index in [9.17, 15) is 9.59 Å². The van der Waals surface area contributed by atoms with E-state index in [2.05, 4.69) is 20.9 Å². The molecule has 4 aliphatic rings. The highest BCUT2D eigenvalue weighted by atomic mass is 16.5. The second-order valence-corrected chi connectivity index (χ2v) is 8.62. The smallest absolute Gasteiger partial charge is 0.315 e. The molecular weight excluding hydrogens is 412 g/mol. The van der Waals surface area contributed by atoms with Gasteiger partial charge in [-0.15, -0.1) is 0 Å². The Kier molecular flexibility index (Phi) is 4.64. The molecule has 1 saturated carbocycles. The summed E-state index contributed by atoms with van der Waals surface area (Å²) < 4.78 is 17.5. The summed E-state index contributed by atoms with van der Waals surface area (Å²) in [5.41, 5.74) is 1.94. The van der Waals surface area contributed by atoms with Crippen LogP contribution in [-0.4, -0.2) is 48.3 Å². The van der Waals surface area contributed by atoms with E-state index in [0.29, 0.717) is 43.4 Å². The van der Waals surface area contributed by atoms with Gasteiger partial charge in [0, 0.05) is 43.0 Å². The Hall–Kier alpha value is -3.33. The highest BCUT2D eigenvalue weighted by Gasteiger charge is 2.59. The molecule has 3 aliphatic heterocycles. The van der Waals surface area contributed by atoms with Gasteiger partial charge in [0.25, 0.3) is 0 Å². The van der Waals surface area contributed by atoms with Crippen molar-refractivity contribution in [2.24, 2.45) is 0 Å². The maximum absolute atomic E-state index is 12.4. The lowest BCUT2D eigenvalue weighted by Gasteiger charge is -2.23. The van der Waals surface area contributed by atoms with Gasteiger partial charge >= 0.3 is 6.03 Å². The number of aromatic nitrogens is 1. The number of hydrogen-bond donors (Lipinski definition) is 3. The number of hydrogen-bond acceptors (Lipinski definition) is 6. The quantitative estimate of drug-likeness (QED) is 0.679. The highest BCUT2D eigenvalue weighted by molar-refractivity contribution is 5.93. The minimum Gasteiger partial charge on any atom is -0.487 e. The standard InChI is InChI=1S/C23H24N4O5/c28-18-4-2-14-17(5-8-24-22(14)26-18)31-13-1-3-16-15(11-13)19-20(21(19)32-16)27-23(29)25-12-6-9-30-10-7-12/h1,3,5,8,11-12,19-21H,2,4,6-7,9-10H2,(H,24,26,28)(H2,25,27,29). The number of ether oxygens (including phenoxy) is 3. The molecule has 9 heteroatoms. The molecule has 166 valence electrons. The van der Waals surface area contributed by atoms with E-state index in [-0.39, 0.29) is 36.0 Å². The highest BCUT2D eigenvalue weighted by Crippen LogP contribution is 2.54. The molecule has 1 aliphatic carbocycles. The molecule has 1 aromatic heterocycles. The molecule has 32 heavy (non-hydrogen) atoms. The minimum absolute atomic E-state index is 0.0315. The van der Waals surface area contributed by atoms with Crippen molar-refractivity contribution in [1.29, 1.82) is 0 Å². The average Bonchev–Trinajstić information content (AvgIpc) is 3.30. The number of carbonyl (C=O) groups excluding carboxylic acids is 2. The van der Waals surface area contributed by atoms with Crippen molar-refractivity contribution >= 4 is 17.8 Å². The molecule has 3 unspecified atom stereocenters. The minimum atomic E-state index is -0.153. The summed E-state index contributed by atoms with van der Waals surface area (Å²) >= 11 is 0. The first-order chi connectivity index (χ1) is 15.7. The van der Waals surface area contributed by atoms with Crippen molar-refractivity contribution in [3.8, 4) is 17.2 Å². The molecule has 3 atom stereocenters. The van der Waals surface area contributed by atoms with Gasteiger partial charge in [0.15, 0.2) is 0 Å². The third-order valence-electron chi connectivity index (χ3n) is 6.51. The zero-order chi connectivity index (χ0) is 21.7. The Labute approximate surface area is 184 Å². The first kappa shape index (κ1) is 19.4. The van der Waals surface area contributed by atoms with E-state index < -0.39 is 0 Å². The summed E-state index contributed by atoms with van der Waals surface area (Å²) in [6.45, 7) is 1.37. The first-order valence-corrected chi connectivity index (χ1v) is 11.1. The monoisotopic (exact) mass is 436 g/mol. The topological polar surface area (TPSA) is 111 Å². The van der Waals surface area contributed by atoms with Gasteiger partial charge in [-0.3, -0.25) is 4.79 Å². The molecule has 2 fully saturated rings. The Morgan fingerprint density at radius 1 is 1.16 bits per heavy atom. The van der Waals surface area contributed by atoms with Crippen LogP contribution in [0.4, 0.5) is 10.6 Å². The Morgan fingerprint density at radius 2 is 2.03 bits per heavy atom. The zero-order valence-electron chi connectivity index (χ0n) is 17.4. The van der Waals surface area contributed by atoms with Crippen LogP contribution in [-0.2, 0) is 16.0 Å². The van der Waals surface area contributed by atoms with Crippen LogP contribution in [0.15, 0.2) is 30.5 Å². The van der Waals surface area contributed by atoms with Gasteiger partial charge in [0.2, 0.25) is 5.91 Å². The van der Waals surface area contributed by atoms with Crippen molar-refractivity contribution in [3.05, 3.63) is 41.6 Å². The number of nitrogens with zero attached hydrogens (tertiary/aromatic N) is 1. The van der Waals surface area contributed by atoms with E-state index in [4.69, 9.17) is 14.2 Å². The normalized spacial score (nSPS) is 25.5. The van der Waals surface area contributed by atoms with Crippen LogP contribution in [0.25, 0.3) is 0 Å². The molecule has 2 aromatic rings. The third-order valence-corrected chi connectivity index (χ3v) is 6.51. The predicted molar refractivity (Wildman–Crippen MR) is 114 cm³/mol. The van der Waals surface area contributed by atoms with E-state index >= 15 is 0 Å². The van der Waals surface area contributed by atoms with Gasteiger partial charge in [-0.25, -0.2) is 9.78 Å². The van der Waals surface area contributed by atoms with Crippen LogP contribution in [0.2, 0.25) is 0 Å². The molecule has 0 bridgehead atoms. The molecule has 6 rings (SSSR count). The lowest BCUT2D eigenvalue weighted by atomic mass is 10.1. The lowest BCUT2D eigenvalue weighted by molar-refractivity contribution is -0.116. The van der Waals surface area contributed by atoms with Crippen LogP contribution in [0.1, 0.15) is 36.3 Å². The summed E-state index contributed by atoms with van der Waals surface area (Å²) in [5, 5.41) is 8.88. The molecule has 3 amide bonds. The van der Waals surface area contributed by atoms with Crippen LogP contribution in [0.5, 0.6) is 17.2 Å². The molecular formula is C23H24N4O5. The third kappa shape index (κ3) is 3.52. The van der Waals surface area contributed by atoms with Crippen LogP contribution in [0.3, 0.4) is 0 Å². The van der Waals surface area contributed by atoms with Gasteiger partial charge in [0.05, 0.1) is 12.0 Å². The van der Waals surface area contributed by atoms with Gasteiger partial charge in [-0.1, -0.05) is 0 Å². The van der Waals surface area contributed by atoms with E-state index in [1.807, 2.05) is 24.3 Å². The number of amides is 3. The van der Waals surface area contributed by atoms with Crippen molar-refractivity contribution in [3.63, 3.8) is 0 Å². The molecule has 0 spiro atoms. The molecule has 9 nitrogen and oxygen atoms in total. The van der Waals surface area contributed by atoms with Gasteiger partial charge in [-0.05, 0) is 43.5 Å². The average molecular weight is 436 g/mol. The molecule has 4 heterocycles. The summed E-state index contributed by atoms with van der Waals surface area (Å²) in [6, 6.07) is 7.54. The fourth-order valence-electron chi connectivity index (χ4n) is 4.78. The number of anilines is 1. The van der Waals surface area contributed by atoms with Crippen LogP contribution < -0.4 is 25.4 Å². The Morgan fingerprint density at radius 3 is 2.91 bits per heavy atom. The largest absolute Gasteiger partial charge is 0.487 e. The zero-order valence-corrected chi connectivity index (χ0v) is 17.4. The van der Waals surface area contributed by atoms with E-state index in [1.165, 1.54) is 0 Å². The lowest BCUT2D eigenvalue weighted by Crippen LogP contribution is -2.46. The summed E-state index contributed by atoms with van der Waals surface area (Å²) in [6.07, 6.45) is 4.28. The van der Waals surface area contributed by atoms with Crippen LogP contribution in [0, 0.1) is 0 Å². The van der Waals surface area contributed by atoms with E-state index in [0.717, 1.165) is 29.7 Å². The number of fused-ring (bicyclic) bond motifs is 4. The summed E-state index contributed by atoms with van der Waals surface area (Å²) in [5.74, 6) is 2.86. The van der Waals surface area contributed by atoms with Gasteiger partial charge < -0.3 is 30.2 Å². The number of nitrogens with one attached hydrogen (secondary N) is 3. The number of benzene rings is 1. The maximum Gasteiger partial charge on any atom is 0.315 e. The first-order valence-electron chi connectivity index (χ1n) is 11.1. The number of urea groups is 1. The molecule has 1 saturated heterocycles. The fraction of sp³-hybridized carbons (Fsp3) is 0.435. The van der Waals surface area contributed by atoms with Crippen molar-refractivity contribution in [2.45, 2.75) is 49.8 Å². The van der Waals surface area contributed by atoms with Gasteiger partial charge in [0.1, 0.15) is 29.2 Å². The van der Waals surface area contributed by atoms with Crippen molar-refractivity contribution in [1.82, 2.24) is 15.6 Å². The van der Waals surface area contributed by atoms with Crippen molar-refractivity contribution < 1.29 is 23.8 Å². The van der Waals surface area contributed by atoms with Gasteiger partial charge in [-0.2, -0.15) is 0 Å². The predicted octanol–water partition coefficient (Wildman–Crippen LogP) is 2.46. The number of rotatable bonds is 4. The Balaban J connectivity index is 1.13. The molecule has 1 aromatic carbocycles. The SMILES string of the molecule is O=C1CCc2c(Oc3ccc4c(c3)C3C(NC(=O)NC5CCOCC5)C3O4)ccnc2N1. The molecule has 0 radical (unpaired) electrons. The summed E-state index contributed by atoms with van der Waals surface area (Å²) in [7, 11) is 0. The second kappa shape index (κ2) is 7.67. The number of pyridine rings is 1. The Bertz CT molecular complexity index is 1080. The number of carbonyl (C=O) groups is 2. The van der Waals surface area contributed by atoms with Crippen molar-refractivity contribution in [2.75, 3.05) is 18.5 Å². The maximum atomic E-state index is 12.4.